The molecule has 0 aliphatic carbocycles. The van der Waals surface area contributed by atoms with E-state index in [9.17, 15) is 8.42 Å². The highest BCUT2D eigenvalue weighted by molar-refractivity contribution is 7.93. The fourth-order valence-electron chi connectivity index (χ4n) is 4.50. The van der Waals surface area contributed by atoms with Crippen molar-refractivity contribution in [3.05, 3.63) is 11.6 Å². The number of hydrogen-bond donors (Lipinski definition) is 0. The van der Waals surface area contributed by atoms with Crippen LogP contribution in [-0.4, -0.2) is 18.9 Å². The number of sulfone groups is 1. The van der Waals surface area contributed by atoms with Gasteiger partial charge in [0, 0.05) is 0 Å². The first kappa shape index (κ1) is 21.0. The molecule has 2 rings (SSSR count). The van der Waals surface area contributed by atoms with Crippen molar-refractivity contribution in [3.63, 3.8) is 0 Å². The monoisotopic (exact) mass is 368 g/mol. The summed E-state index contributed by atoms with van der Waals surface area (Å²) in [5.41, 5.74) is 1.44. The van der Waals surface area contributed by atoms with Crippen molar-refractivity contribution in [2.24, 2.45) is 0 Å². The van der Waals surface area contributed by atoms with E-state index in [1.807, 2.05) is 0 Å². The Bertz CT molecular complexity index is 492. The molecule has 2 nitrogen and oxygen atoms in total. The van der Waals surface area contributed by atoms with E-state index in [1.165, 1.54) is 89.0 Å². The highest BCUT2D eigenvalue weighted by Gasteiger charge is 2.42. The Morgan fingerprint density at radius 2 is 1.32 bits per heavy atom. The van der Waals surface area contributed by atoms with Crippen LogP contribution in [0.25, 0.3) is 0 Å². The van der Waals surface area contributed by atoms with Crippen molar-refractivity contribution in [1.82, 2.24) is 0 Å². The van der Waals surface area contributed by atoms with E-state index in [1.54, 1.807) is 0 Å². The minimum Gasteiger partial charge on any atom is -0.228 e. The predicted molar refractivity (Wildman–Crippen MR) is 109 cm³/mol. The molecule has 0 amide bonds. The molecular formula is C22H40O2S. The van der Waals surface area contributed by atoms with Gasteiger partial charge < -0.3 is 0 Å². The van der Waals surface area contributed by atoms with E-state index in [0.717, 1.165) is 25.7 Å². The molecular weight excluding hydrogens is 328 g/mol. The van der Waals surface area contributed by atoms with Crippen LogP contribution < -0.4 is 0 Å². The van der Waals surface area contributed by atoms with Crippen LogP contribution in [0.15, 0.2) is 11.6 Å². The first-order chi connectivity index (χ1) is 12.1. The number of fused-ring (bicyclic) bond motifs is 2. The van der Waals surface area contributed by atoms with Crippen LogP contribution >= 0.6 is 0 Å². The lowest BCUT2D eigenvalue weighted by atomic mass is 10.0. The van der Waals surface area contributed by atoms with Crippen molar-refractivity contribution >= 4 is 9.84 Å². The molecule has 146 valence electrons. The second-order valence-electron chi connectivity index (χ2n) is 8.35. The van der Waals surface area contributed by atoms with Crippen molar-refractivity contribution in [3.8, 4) is 0 Å². The van der Waals surface area contributed by atoms with Crippen LogP contribution in [0.3, 0.4) is 0 Å². The second-order valence-corrected chi connectivity index (χ2v) is 10.8. The predicted octanol–water partition coefficient (Wildman–Crippen LogP) is 6.74. The summed E-state index contributed by atoms with van der Waals surface area (Å²) in [5, 5.41) is -0.178. The van der Waals surface area contributed by atoms with Crippen LogP contribution in [-0.2, 0) is 9.84 Å². The number of allylic oxidation sites excluding steroid dienone is 1. The van der Waals surface area contributed by atoms with Crippen LogP contribution in [0.4, 0.5) is 0 Å². The molecule has 0 saturated carbocycles. The molecule has 2 atom stereocenters. The maximum atomic E-state index is 12.1. The lowest BCUT2D eigenvalue weighted by Gasteiger charge is -2.20. The maximum Gasteiger partial charge on any atom is 0.159 e. The average molecular weight is 369 g/mol. The Kier molecular flexibility index (Phi) is 9.58. The van der Waals surface area contributed by atoms with Gasteiger partial charge in [-0.15, -0.1) is 0 Å². The normalized spacial score (nSPS) is 24.4. The van der Waals surface area contributed by atoms with Gasteiger partial charge in [0.1, 0.15) is 0 Å². The largest absolute Gasteiger partial charge is 0.228 e. The van der Waals surface area contributed by atoms with Gasteiger partial charge in [0.05, 0.1) is 10.5 Å². The summed E-state index contributed by atoms with van der Waals surface area (Å²) < 4.78 is 24.1. The summed E-state index contributed by atoms with van der Waals surface area (Å²) in [6.07, 6.45) is 23.9. The van der Waals surface area contributed by atoms with E-state index >= 15 is 0 Å². The quantitative estimate of drug-likeness (QED) is 0.251. The van der Waals surface area contributed by atoms with Crippen molar-refractivity contribution in [2.45, 2.75) is 127 Å². The molecule has 0 aromatic rings. The van der Waals surface area contributed by atoms with Crippen LogP contribution in [0.2, 0.25) is 0 Å². The third-order valence-corrected chi connectivity index (χ3v) is 8.72. The molecule has 2 heterocycles. The van der Waals surface area contributed by atoms with Crippen molar-refractivity contribution in [1.29, 1.82) is 0 Å². The Labute approximate surface area is 156 Å². The van der Waals surface area contributed by atoms with E-state index in [-0.39, 0.29) is 10.5 Å². The lowest BCUT2D eigenvalue weighted by molar-refractivity contribution is 0.537. The third-order valence-electron chi connectivity index (χ3n) is 6.17. The molecule has 0 radical (unpaired) electrons. The summed E-state index contributed by atoms with van der Waals surface area (Å²) in [4.78, 5) is 0. The van der Waals surface area contributed by atoms with Gasteiger partial charge >= 0.3 is 0 Å². The second kappa shape index (κ2) is 11.4. The molecule has 2 aliphatic heterocycles. The topological polar surface area (TPSA) is 34.1 Å². The minimum absolute atomic E-state index is 0.0422. The molecule has 0 spiro atoms. The molecule has 3 heteroatoms. The van der Waals surface area contributed by atoms with Crippen molar-refractivity contribution < 1.29 is 8.42 Å². The van der Waals surface area contributed by atoms with Crippen LogP contribution in [0.1, 0.15) is 116 Å². The Morgan fingerprint density at radius 3 is 1.84 bits per heavy atom. The fraction of sp³-hybridized carbons (Fsp3) is 0.909. The standard InChI is InChI=1S/C22H40O2S/c1-2-3-4-5-6-7-8-9-10-11-12-13-14-15-20-18-21-16-17-22(19-20)25(21,23)24/h18,21-22H,2-17,19H2,1H3. The lowest BCUT2D eigenvalue weighted by Crippen LogP contribution is -2.26. The van der Waals surface area contributed by atoms with E-state index in [4.69, 9.17) is 0 Å². The SMILES string of the molecule is CCCCCCCCCCCCCCCC1=CC2CCC(C1)S2(=O)=O. The van der Waals surface area contributed by atoms with E-state index < -0.39 is 9.84 Å². The number of rotatable bonds is 14. The summed E-state index contributed by atoms with van der Waals surface area (Å²) in [7, 11) is -2.80. The van der Waals surface area contributed by atoms with Gasteiger partial charge in [-0.05, 0) is 32.1 Å². The Morgan fingerprint density at radius 1 is 0.800 bits per heavy atom. The molecule has 1 saturated heterocycles. The minimum atomic E-state index is -2.80. The first-order valence-electron chi connectivity index (χ1n) is 11.1. The molecule has 0 aromatic heterocycles. The van der Waals surface area contributed by atoms with Gasteiger partial charge in [0.25, 0.3) is 0 Å². The Balaban J connectivity index is 1.40. The summed E-state index contributed by atoms with van der Waals surface area (Å²) in [6.45, 7) is 2.28. The van der Waals surface area contributed by atoms with Gasteiger partial charge in [-0.2, -0.15) is 0 Å². The zero-order chi connectivity index (χ0) is 18.0. The highest BCUT2D eigenvalue weighted by atomic mass is 32.2. The first-order valence-corrected chi connectivity index (χ1v) is 12.7. The molecule has 25 heavy (non-hydrogen) atoms. The van der Waals surface area contributed by atoms with Crippen LogP contribution in [0.5, 0.6) is 0 Å². The molecule has 2 unspecified atom stereocenters. The number of hydrogen-bond acceptors (Lipinski definition) is 2. The van der Waals surface area contributed by atoms with E-state index in [0.29, 0.717) is 0 Å². The third kappa shape index (κ3) is 7.07. The van der Waals surface area contributed by atoms with Gasteiger partial charge in [0.15, 0.2) is 9.84 Å². The zero-order valence-corrected chi connectivity index (χ0v) is 17.3. The van der Waals surface area contributed by atoms with Gasteiger partial charge in [-0.25, -0.2) is 8.42 Å². The molecule has 0 aromatic carbocycles. The van der Waals surface area contributed by atoms with Gasteiger partial charge in [-0.3, -0.25) is 0 Å². The van der Waals surface area contributed by atoms with Crippen molar-refractivity contribution in [2.75, 3.05) is 0 Å². The molecule has 2 aliphatic rings. The zero-order valence-electron chi connectivity index (χ0n) is 16.5. The van der Waals surface area contributed by atoms with Gasteiger partial charge in [-0.1, -0.05) is 95.6 Å². The number of unbranched alkanes of at least 4 members (excludes halogenated alkanes) is 12. The summed E-state index contributed by atoms with van der Waals surface area (Å²) in [5.74, 6) is 0. The smallest absolute Gasteiger partial charge is 0.159 e. The average Bonchev–Trinajstić information content (AvgIpc) is 2.77. The Hall–Kier alpha value is -0.310. The molecule has 2 bridgehead atoms. The molecule has 0 N–H and O–H groups in total. The highest BCUT2D eigenvalue weighted by Crippen LogP contribution is 2.38. The van der Waals surface area contributed by atoms with Gasteiger partial charge in [0.2, 0.25) is 0 Å². The maximum absolute atomic E-state index is 12.1. The fourth-order valence-corrected chi connectivity index (χ4v) is 6.75. The summed E-state index contributed by atoms with van der Waals surface area (Å²) in [6, 6.07) is 0. The summed E-state index contributed by atoms with van der Waals surface area (Å²) >= 11 is 0. The van der Waals surface area contributed by atoms with Crippen LogP contribution in [0, 0.1) is 0 Å². The van der Waals surface area contributed by atoms with E-state index in [2.05, 4.69) is 13.0 Å². The molecule has 1 fully saturated rings.